The number of fused-ring (bicyclic) bond motifs is 3. The van der Waals surface area contributed by atoms with E-state index in [0.717, 1.165) is 76.0 Å². The molecule has 0 saturated carbocycles. The summed E-state index contributed by atoms with van der Waals surface area (Å²) in [5.74, 6) is 1.25. The van der Waals surface area contributed by atoms with Gasteiger partial charge in [0, 0.05) is 35.9 Å². The maximum absolute atomic E-state index is 10.7. The van der Waals surface area contributed by atoms with Crippen LogP contribution in [0.4, 0.5) is 0 Å². The highest BCUT2D eigenvalue weighted by Gasteiger charge is 2.30. The second kappa shape index (κ2) is 10.1. The zero-order chi connectivity index (χ0) is 26.2. The number of hydrogen-bond acceptors (Lipinski definition) is 4. The van der Waals surface area contributed by atoms with Gasteiger partial charge in [0.2, 0.25) is 6.54 Å². The van der Waals surface area contributed by atoms with Crippen LogP contribution < -0.4 is 0 Å². The molecule has 0 bridgehead atoms. The summed E-state index contributed by atoms with van der Waals surface area (Å²) in [4.78, 5) is 8.43. The van der Waals surface area contributed by atoms with Gasteiger partial charge in [-0.1, -0.05) is 42.5 Å². The van der Waals surface area contributed by atoms with Gasteiger partial charge in [0.05, 0.1) is 28.9 Å². The number of benzene rings is 2. The Balaban J connectivity index is 1.67. The van der Waals surface area contributed by atoms with Crippen LogP contribution in [0.5, 0.6) is 0 Å². The van der Waals surface area contributed by atoms with Crippen LogP contribution in [-0.4, -0.2) is 34.4 Å². The van der Waals surface area contributed by atoms with E-state index in [9.17, 15) is 5.11 Å². The lowest BCUT2D eigenvalue weighted by Crippen LogP contribution is -2.27. The molecule has 2 atom stereocenters. The van der Waals surface area contributed by atoms with E-state index in [1.54, 1.807) is 6.26 Å². The Morgan fingerprint density at radius 1 is 1.05 bits per heavy atom. The van der Waals surface area contributed by atoms with Gasteiger partial charge in [0.1, 0.15) is 5.76 Å². The van der Waals surface area contributed by atoms with Gasteiger partial charge < -0.3 is 23.7 Å². The normalized spacial score (nSPS) is 16.1. The molecule has 1 aliphatic heterocycles. The Labute approximate surface area is 222 Å². The number of aromatic nitrogens is 2. The zero-order valence-corrected chi connectivity index (χ0v) is 21.7. The standard InChI is InChI=1S/C32H31N3O3/c1-20-19-38-21(2)30(20)25-16-28-31(34-17-25)26-10-9-24(29(36)18-33-3)15-27(26)35(28)32(22-7-5-4-6-8-22)23-11-13-37-14-12-23/h4-10,15-17,19,23,29,32,36H,11-14,18H2,1-2H3/t29?,32-/m1/s1. The summed E-state index contributed by atoms with van der Waals surface area (Å²) < 4.78 is 13.9. The first kappa shape index (κ1) is 24.4. The van der Waals surface area contributed by atoms with E-state index in [0.29, 0.717) is 5.92 Å². The van der Waals surface area contributed by atoms with E-state index in [4.69, 9.17) is 20.7 Å². The molecule has 4 heterocycles. The molecule has 38 heavy (non-hydrogen) atoms. The number of pyridine rings is 1. The second-order valence-electron chi connectivity index (χ2n) is 10.3. The fraction of sp³-hybridized carbons (Fsp3) is 0.312. The molecule has 1 fully saturated rings. The molecule has 6 nitrogen and oxygen atoms in total. The largest absolute Gasteiger partial charge is 0.469 e. The zero-order valence-electron chi connectivity index (χ0n) is 21.7. The molecule has 6 heteroatoms. The summed E-state index contributed by atoms with van der Waals surface area (Å²) in [5.41, 5.74) is 8.18. The third-order valence-corrected chi connectivity index (χ3v) is 7.89. The summed E-state index contributed by atoms with van der Waals surface area (Å²) in [6.07, 6.45) is 4.83. The van der Waals surface area contributed by atoms with E-state index in [1.807, 2.05) is 25.3 Å². The number of hydrogen-bond donors (Lipinski definition) is 1. The Hall–Kier alpha value is -3.92. The van der Waals surface area contributed by atoms with Gasteiger partial charge in [-0.05, 0) is 61.4 Å². The lowest BCUT2D eigenvalue weighted by molar-refractivity contribution is 0.0553. The molecule has 192 valence electrons. The van der Waals surface area contributed by atoms with Crippen molar-refractivity contribution in [3.63, 3.8) is 0 Å². The van der Waals surface area contributed by atoms with Crippen LogP contribution >= 0.6 is 0 Å². The van der Waals surface area contributed by atoms with Gasteiger partial charge in [-0.15, -0.1) is 0 Å². The number of ether oxygens (including phenoxy) is 1. The molecule has 0 radical (unpaired) electrons. The Kier molecular flexibility index (Phi) is 6.49. The lowest BCUT2D eigenvalue weighted by atomic mass is 9.86. The van der Waals surface area contributed by atoms with Gasteiger partial charge in [-0.2, -0.15) is 0 Å². The molecule has 3 aromatic heterocycles. The molecule has 1 N–H and O–H groups in total. The third kappa shape index (κ3) is 4.18. The molecule has 5 aromatic rings. The van der Waals surface area contributed by atoms with Gasteiger partial charge >= 0.3 is 0 Å². The number of furan rings is 1. The predicted molar refractivity (Wildman–Crippen MR) is 149 cm³/mol. The first-order chi connectivity index (χ1) is 18.6. The highest BCUT2D eigenvalue weighted by atomic mass is 16.5. The number of aryl methyl sites for hydroxylation is 2. The van der Waals surface area contributed by atoms with Crippen molar-refractivity contribution in [1.82, 2.24) is 9.55 Å². The van der Waals surface area contributed by atoms with Crippen molar-refractivity contribution in [3.05, 3.63) is 101 Å². The highest BCUT2D eigenvalue weighted by molar-refractivity contribution is 6.07. The van der Waals surface area contributed by atoms with Crippen LogP contribution in [0.2, 0.25) is 0 Å². The molecule has 2 aromatic carbocycles. The Bertz CT molecular complexity index is 1620. The van der Waals surface area contributed by atoms with Crippen molar-refractivity contribution in [2.24, 2.45) is 5.92 Å². The van der Waals surface area contributed by atoms with E-state index in [2.05, 4.69) is 58.8 Å². The lowest BCUT2D eigenvalue weighted by Gasteiger charge is -2.33. The van der Waals surface area contributed by atoms with E-state index in [-0.39, 0.29) is 12.6 Å². The van der Waals surface area contributed by atoms with E-state index >= 15 is 0 Å². The van der Waals surface area contributed by atoms with Gasteiger partial charge in [-0.3, -0.25) is 4.98 Å². The molecule has 1 aliphatic rings. The van der Waals surface area contributed by atoms with Crippen LogP contribution in [0.3, 0.4) is 0 Å². The van der Waals surface area contributed by atoms with Crippen molar-refractivity contribution in [3.8, 4) is 11.1 Å². The number of nitrogens with zero attached hydrogens (tertiary/aromatic N) is 3. The van der Waals surface area contributed by atoms with Crippen molar-refractivity contribution in [1.29, 1.82) is 0 Å². The van der Waals surface area contributed by atoms with Crippen LogP contribution in [0.1, 0.15) is 47.4 Å². The SMILES string of the molecule is [C-]#[N+]CC(O)c1ccc2c3ncc(-c4c(C)coc4C)cc3n([C@H](c3ccccc3)C3CCOCC3)c2c1. The molecular formula is C32H31N3O3. The first-order valence-corrected chi connectivity index (χ1v) is 13.2. The van der Waals surface area contributed by atoms with E-state index < -0.39 is 6.10 Å². The molecule has 6 rings (SSSR count). The molecule has 0 spiro atoms. The van der Waals surface area contributed by atoms with Crippen molar-refractivity contribution in [2.75, 3.05) is 19.8 Å². The summed E-state index contributed by atoms with van der Waals surface area (Å²) in [6.45, 7) is 12.8. The van der Waals surface area contributed by atoms with Gasteiger partial charge in [-0.25, -0.2) is 6.57 Å². The number of aliphatic hydroxyl groups excluding tert-OH is 1. The highest BCUT2D eigenvalue weighted by Crippen LogP contribution is 2.42. The quantitative estimate of drug-likeness (QED) is 0.252. The van der Waals surface area contributed by atoms with Crippen LogP contribution in [-0.2, 0) is 4.74 Å². The van der Waals surface area contributed by atoms with Gasteiger partial charge in [0.15, 0.2) is 6.10 Å². The third-order valence-electron chi connectivity index (χ3n) is 7.89. The number of rotatable bonds is 6. The summed E-state index contributed by atoms with van der Waals surface area (Å²) >= 11 is 0. The Morgan fingerprint density at radius 2 is 1.84 bits per heavy atom. The maximum Gasteiger partial charge on any atom is 0.244 e. The Morgan fingerprint density at radius 3 is 2.55 bits per heavy atom. The minimum atomic E-state index is -0.832. The minimum absolute atomic E-state index is 0.0370. The van der Waals surface area contributed by atoms with Crippen molar-refractivity contribution >= 4 is 21.9 Å². The van der Waals surface area contributed by atoms with Crippen LogP contribution in [0.25, 0.3) is 37.9 Å². The predicted octanol–water partition coefficient (Wildman–Crippen LogP) is 7.04. The van der Waals surface area contributed by atoms with Gasteiger partial charge in [0.25, 0.3) is 0 Å². The molecule has 0 aliphatic carbocycles. The topological polar surface area (TPSA) is 64.8 Å². The minimum Gasteiger partial charge on any atom is -0.469 e. The number of aliphatic hydroxyl groups is 1. The second-order valence-corrected chi connectivity index (χ2v) is 10.3. The average Bonchev–Trinajstić information content (AvgIpc) is 3.45. The van der Waals surface area contributed by atoms with Crippen LogP contribution in [0, 0.1) is 26.3 Å². The average molecular weight is 506 g/mol. The smallest absolute Gasteiger partial charge is 0.244 e. The van der Waals surface area contributed by atoms with Crippen molar-refractivity contribution < 1.29 is 14.3 Å². The van der Waals surface area contributed by atoms with E-state index in [1.165, 1.54) is 5.56 Å². The molecule has 0 amide bonds. The maximum atomic E-state index is 10.7. The first-order valence-electron chi connectivity index (χ1n) is 13.2. The summed E-state index contributed by atoms with van der Waals surface area (Å²) in [5, 5.41) is 11.8. The molecular weight excluding hydrogens is 474 g/mol. The summed E-state index contributed by atoms with van der Waals surface area (Å²) in [7, 11) is 0. The monoisotopic (exact) mass is 505 g/mol. The molecule has 1 saturated heterocycles. The molecule has 1 unspecified atom stereocenters. The fourth-order valence-corrected chi connectivity index (χ4v) is 6.07. The van der Waals surface area contributed by atoms with Crippen LogP contribution in [0.15, 0.2) is 71.5 Å². The summed E-state index contributed by atoms with van der Waals surface area (Å²) in [6, 6.07) is 19.0. The van der Waals surface area contributed by atoms with Crippen molar-refractivity contribution in [2.45, 2.75) is 38.8 Å². The fourth-order valence-electron chi connectivity index (χ4n) is 6.07.